The highest BCUT2D eigenvalue weighted by Gasteiger charge is 2.19. The van der Waals surface area contributed by atoms with Crippen LogP contribution in [0.2, 0.25) is 0 Å². The van der Waals surface area contributed by atoms with Gasteiger partial charge in [-0.25, -0.2) is 0 Å². The summed E-state index contributed by atoms with van der Waals surface area (Å²) in [4.78, 5) is 0. The molecule has 3 heterocycles. The number of aromatic nitrogens is 3. The highest BCUT2D eigenvalue weighted by atomic mass is 15.0. The van der Waals surface area contributed by atoms with E-state index in [4.69, 9.17) is 0 Å². The first-order chi connectivity index (χ1) is 27.2. The standard InChI is InChI=1S/C50H29N5/c51-30-32-20-24-48-42(26-32)39-14-3-7-18-46(39)53(48)36-22-23-41-38-13-2-6-17-45(38)54(50(41)29-36)35-11-9-10-34(28-35)37-12-1-5-16-44(37)55-47-19-8-4-15-40(47)43-27-33(31-52)21-25-49(43)55/h1-29H. The first kappa shape index (κ1) is 30.7. The number of hydrogen-bond acceptors (Lipinski definition) is 2. The Morgan fingerprint density at radius 1 is 0.327 bits per heavy atom. The minimum atomic E-state index is 0.650. The second-order valence-electron chi connectivity index (χ2n) is 14.0. The third-order valence-corrected chi connectivity index (χ3v) is 11.1. The Hall–Kier alpha value is -7.86. The van der Waals surface area contributed by atoms with Crippen LogP contribution in [0.5, 0.6) is 0 Å². The molecule has 0 amide bonds. The lowest BCUT2D eigenvalue weighted by molar-refractivity contribution is 1.15. The number of hydrogen-bond donors (Lipinski definition) is 0. The van der Waals surface area contributed by atoms with Gasteiger partial charge in [0.25, 0.3) is 0 Å². The van der Waals surface area contributed by atoms with Crippen molar-refractivity contribution >= 4 is 65.4 Å². The third kappa shape index (κ3) is 4.51. The zero-order valence-electron chi connectivity index (χ0n) is 29.5. The molecular formula is C50H29N5. The Kier molecular flexibility index (Phi) is 6.61. The van der Waals surface area contributed by atoms with Gasteiger partial charge in [0.15, 0.2) is 0 Å². The topological polar surface area (TPSA) is 62.4 Å². The summed E-state index contributed by atoms with van der Waals surface area (Å²) in [5.74, 6) is 0. The van der Waals surface area contributed by atoms with Crippen molar-refractivity contribution < 1.29 is 0 Å². The minimum Gasteiger partial charge on any atom is -0.309 e. The largest absolute Gasteiger partial charge is 0.309 e. The number of nitriles is 2. The Bertz CT molecular complexity index is 3470. The number of benzene rings is 8. The van der Waals surface area contributed by atoms with E-state index in [9.17, 15) is 10.5 Å². The molecule has 5 heteroatoms. The van der Waals surface area contributed by atoms with Gasteiger partial charge in [0.05, 0.1) is 62.1 Å². The zero-order chi connectivity index (χ0) is 36.6. The summed E-state index contributed by atoms with van der Waals surface area (Å²) < 4.78 is 7.02. The SMILES string of the molecule is N#Cc1ccc2c(c1)c1ccccc1n2-c1ccc2c3ccccc3n(-c3cccc(-c4ccccc4-n4c5ccccc5c5cc(C#N)ccc54)c3)c2c1. The Labute approximate surface area is 316 Å². The normalized spacial score (nSPS) is 11.6. The van der Waals surface area contributed by atoms with Crippen LogP contribution in [0.25, 0.3) is 93.6 Å². The van der Waals surface area contributed by atoms with E-state index in [1.807, 2.05) is 24.3 Å². The number of fused-ring (bicyclic) bond motifs is 9. The molecule has 0 fully saturated rings. The van der Waals surface area contributed by atoms with Crippen molar-refractivity contribution in [2.24, 2.45) is 0 Å². The van der Waals surface area contributed by atoms with Crippen LogP contribution in [-0.2, 0) is 0 Å². The molecule has 8 aromatic carbocycles. The van der Waals surface area contributed by atoms with Crippen LogP contribution >= 0.6 is 0 Å². The molecule has 0 unspecified atom stereocenters. The molecule has 11 rings (SSSR count). The second-order valence-corrected chi connectivity index (χ2v) is 14.0. The quantitative estimate of drug-likeness (QED) is 0.184. The lowest BCUT2D eigenvalue weighted by atomic mass is 10.0. The summed E-state index contributed by atoms with van der Waals surface area (Å²) in [7, 11) is 0. The van der Waals surface area contributed by atoms with Gasteiger partial charge in [-0.3, -0.25) is 0 Å². The van der Waals surface area contributed by atoms with Crippen molar-refractivity contribution in [1.82, 2.24) is 13.7 Å². The van der Waals surface area contributed by atoms with Gasteiger partial charge in [-0.05, 0) is 90.5 Å². The third-order valence-electron chi connectivity index (χ3n) is 11.1. The molecule has 3 aromatic heterocycles. The van der Waals surface area contributed by atoms with E-state index >= 15 is 0 Å². The predicted molar refractivity (Wildman–Crippen MR) is 224 cm³/mol. The van der Waals surface area contributed by atoms with E-state index in [1.165, 1.54) is 10.8 Å². The van der Waals surface area contributed by atoms with Crippen LogP contribution in [0.1, 0.15) is 11.1 Å². The fraction of sp³-hybridized carbons (Fsp3) is 0. The molecule has 0 N–H and O–H groups in total. The molecule has 11 aromatic rings. The molecule has 0 spiro atoms. The average molecular weight is 700 g/mol. The van der Waals surface area contributed by atoms with E-state index in [1.54, 1.807) is 0 Å². The Morgan fingerprint density at radius 2 is 0.818 bits per heavy atom. The van der Waals surface area contributed by atoms with Gasteiger partial charge in [0, 0.05) is 49.3 Å². The summed E-state index contributed by atoms with van der Waals surface area (Å²) >= 11 is 0. The molecule has 254 valence electrons. The molecule has 0 aliphatic heterocycles. The van der Waals surface area contributed by atoms with Crippen molar-refractivity contribution in [2.45, 2.75) is 0 Å². The number of nitrogens with zero attached hydrogens (tertiary/aromatic N) is 5. The first-order valence-corrected chi connectivity index (χ1v) is 18.3. The van der Waals surface area contributed by atoms with Crippen molar-refractivity contribution in [3.63, 3.8) is 0 Å². The van der Waals surface area contributed by atoms with Gasteiger partial charge in [-0.15, -0.1) is 0 Å². The van der Waals surface area contributed by atoms with Gasteiger partial charge in [0.2, 0.25) is 0 Å². The smallest absolute Gasteiger partial charge is 0.0991 e. The second kappa shape index (κ2) is 11.8. The van der Waals surface area contributed by atoms with E-state index in [-0.39, 0.29) is 0 Å². The summed E-state index contributed by atoms with van der Waals surface area (Å²) in [5.41, 5.74) is 13.3. The van der Waals surface area contributed by atoms with Gasteiger partial charge in [0.1, 0.15) is 0 Å². The first-order valence-electron chi connectivity index (χ1n) is 18.3. The summed E-state index contributed by atoms with van der Waals surface area (Å²) in [6.07, 6.45) is 0. The van der Waals surface area contributed by atoms with Crippen LogP contribution in [0.15, 0.2) is 176 Å². The van der Waals surface area contributed by atoms with E-state index < -0.39 is 0 Å². The number of para-hydroxylation sites is 4. The monoisotopic (exact) mass is 699 g/mol. The highest BCUT2D eigenvalue weighted by molar-refractivity contribution is 6.13. The molecule has 0 bridgehead atoms. The minimum absolute atomic E-state index is 0.650. The lowest BCUT2D eigenvalue weighted by Gasteiger charge is -2.16. The average Bonchev–Trinajstić information content (AvgIpc) is 3.88. The predicted octanol–water partition coefficient (Wildman–Crippen LogP) is 12.4. The molecule has 0 saturated heterocycles. The Balaban J connectivity index is 1.13. The summed E-state index contributed by atoms with van der Waals surface area (Å²) in [5, 5.41) is 26.2. The molecule has 0 saturated carbocycles. The molecular weight excluding hydrogens is 671 g/mol. The summed E-state index contributed by atoms with van der Waals surface area (Å²) in [6, 6.07) is 66.2. The van der Waals surface area contributed by atoms with Crippen molar-refractivity contribution in [2.75, 3.05) is 0 Å². The van der Waals surface area contributed by atoms with E-state index in [0.29, 0.717) is 11.1 Å². The van der Waals surface area contributed by atoms with Gasteiger partial charge in [-0.2, -0.15) is 10.5 Å². The molecule has 0 radical (unpaired) electrons. The fourth-order valence-corrected chi connectivity index (χ4v) is 8.72. The molecule has 0 aliphatic rings. The maximum absolute atomic E-state index is 9.72. The van der Waals surface area contributed by atoms with Crippen LogP contribution in [0.3, 0.4) is 0 Å². The molecule has 0 aliphatic carbocycles. The molecule has 0 atom stereocenters. The van der Waals surface area contributed by atoms with Crippen LogP contribution in [0, 0.1) is 22.7 Å². The highest BCUT2D eigenvalue weighted by Crippen LogP contribution is 2.40. The molecule has 5 nitrogen and oxygen atoms in total. The fourth-order valence-electron chi connectivity index (χ4n) is 8.72. The van der Waals surface area contributed by atoms with E-state index in [2.05, 4.69) is 177 Å². The van der Waals surface area contributed by atoms with Gasteiger partial charge in [-0.1, -0.05) is 91.0 Å². The maximum atomic E-state index is 9.72. The number of rotatable bonds is 4. The maximum Gasteiger partial charge on any atom is 0.0991 e. The van der Waals surface area contributed by atoms with E-state index in [0.717, 1.165) is 82.8 Å². The van der Waals surface area contributed by atoms with Crippen molar-refractivity contribution in [3.05, 3.63) is 187 Å². The van der Waals surface area contributed by atoms with Crippen LogP contribution in [-0.4, -0.2) is 13.7 Å². The lowest BCUT2D eigenvalue weighted by Crippen LogP contribution is -1.99. The Morgan fingerprint density at radius 3 is 1.47 bits per heavy atom. The van der Waals surface area contributed by atoms with Gasteiger partial charge < -0.3 is 13.7 Å². The van der Waals surface area contributed by atoms with Crippen molar-refractivity contribution in [1.29, 1.82) is 10.5 Å². The summed E-state index contributed by atoms with van der Waals surface area (Å²) in [6.45, 7) is 0. The van der Waals surface area contributed by atoms with Crippen LogP contribution < -0.4 is 0 Å². The molecule has 55 heavy (non-hydrogen) atoms. The van der Waals surface area contributed by atoms with Crippen LogP contribution in [0.4, 0.5) is 0 Å². The van der Waals surface area contributed by atoms with Gasteiger partial charge >= 0.3 is 0 Å². The zero-order valence-corrected chi connectivity index (χ0v) is 29.5. The van der Waals surface area contributed by atoms with Crippen molar-refractivity contribution in [3.8, 4) is 40.3 Å².